The lowest BCUT2D eigenvalue weighted by Gasteiger charge is -2.06. The Hall–Kier alpha value is -1.31. The first-order valence-electron chi connectivity index (χ1n) is 6.59. The number of Topliss-reactive ketones (excluding diaryl/α,β-unsaturated/α-hetero) is 1. The molecule has 0 N–H and O–H groups in total. The molecular formula is C15H18O2. The van der Waals surface area contributed by atoms with Gasteiger partial charge in [-0.15, -0.1) is 0 Å². The van der Waals surface area contributed by atoms with Gasteiger partial charge in [0.05, 0.1) is 6.10 Å². The van der Waals surface area contributed by atoms with E-state index in [0.29, 0.717) is 24.2 Å². The molecule has 2 heteroatoms. The summed E-state index contributed by atoms with van der Waals surface area (Å²) in [5, 5.41) is 0. The molecule has 2 aliphatic carbocycles. The third-order valence-corrected chi connectivity index (χ3v) is 3.42. The van der Waals surface area contributed by atoms with Crippen LogP contribution in [0.25, 0.3) is 0 Å². The highest BCUT2D eigenvalue weighted by Crippen LogP contribution is 2.31. The van der Waals surface area contributed by atoms with E-state index in [0.717, 1.165) is 25.0 Å². The van der Waals surface area contributed by atoms with Crippen molar-refractivity contribution in [2.24, 2.45) is 5.92 Å². The van der Waals surface area contributed by atoms with Crippen molar-refractivity contribution in [3.8, 4) is 5.75 Å². The summed E-state index contributed by atoms with van der Waals surface area (Å²) in [7, 11) is 0. The molecule has 0 saturated heterocycles. The first kappa shape index (κ1) is 10.8. The molecule has 0 atom stereocenters. The SMILES string of the molecule is O=C(CCc1cccc(OC2CC2)c1)C1CC1. The van der Waals surface area contributed by atoms with E-state index in [1.54, 1.807) is 0 Å². The van der Waals surface area contributed by atoms with Gasteiger partial charge in [0.25, 0.3) is 0 Å². The zero-order chi connectivity index (χ0) is 11.7. The molecular weight excluding hydrogens is 212 g/mol. The minimum atomic E-state index is 0.390. The van der Waals surface area contributed by atoms with Crippen LogP contribution < -0.4 is 4.74 Å². The molecule has 0 amide bonds. The number of hydrogen-bond acceptors (Lipinski definition) is 2. The lowest BCUT2D eigenvalue weighted by atomic mass is 10.1. The molecule has 1 aromatic carbocycles. The van der Waals surface area contributed by atoms with Crippen molar-refractivity contribution in [2.45, 2.75) is 44.6 Å². The van der Waals surface area contributed by atoms with Gasteiger partial charge in [0.1, 0.15) is 11.5 Å². The van der Waals surface area contributed by atoms with Crippen LogP contribution in [-0.2, 0) is 11.2 Å². The van der Waals surface area contributed by atoms with Gasteiger partial charge in [-0.2, -0.15) is 0 Å². The van der Waals surface area contributed by atoms with E-state index in [4.69, 9.17) is 4.74 Å². The zero-order valence-electron chi connectivity index (χ0n) is 10.0. The normalized spacial score (nSPS) is 19.1. The van der Waals surface area contributed by atoms with Crippen molar-refractivity contribution >= 4 is 5.78 Å². The molecule has 0 bridgehead atoms. The van der Waals surface area contributed by atoms with Gasteiger partial charge in [0.15, 0.2) is 0 Å². The van der Waals surface area contributed by atoms with Crippen LogP contribution >= 0.6 is 0 Å². The Morgan fingerprint density at radius 1 is 1.24 bits per heavy atom. The molecule has 0 radical (unpaired) electrons. The second kappa shape index (κ2) is 4.52. The van der Waals surface area contributed by atoms with Crippen LogP contribution in [0.1, 0.15) is 37.7 Å². The van der Waals surface area contributed by atoms with E-state index >= 15 is 0 Å². The van der Waals surface area contributed by atoms with Crippen molar-refractivity contribution in [1.29, 1.82) is 0 Å². The van der Waals surface area contributed by atoms with Crippen molar-refractivity contribution < 1.29 is 9.53 Å². The van der Waals surface area contributed by atoms with Crippen molar-refractivity contribution in [2.75, 3.05) is 0 Å². The summed E-state index contributed by atoms with van der Waals surface area (Å²) in [5.74, 6) is 1.79. The number of hydrogen-bond donors (Lipinski definition) is 0. The summed E-state index contributed by atoms with van der Waals surface area (Å²) < 4.78 is 5.75. The van der Waals surface area contributed by atoms with E-state index in [1.165, 1.54) is 18.4 Å². The lowest BCUT2D eigenvalue weighted by molar-refractivity contribution is -0.120. The van der Waals surface area contributed by atoms with E-state index in [-0.39, 0.29) is 0 Å². The van der Waals surface area contributed by atoms with Crippen molar-refractivity contribution in [3.05, 3.63) is 29.8 Å². The summed E-state index contributed by atoms with van der Waals surface area (Å²) >= 11 is 0. The van der Waals surface area contributed by atoms with Gasteiger partial charge < -0.3 is 4.74 Å². The smallest absolute Gasteiger partial charge is 0.136 e. The van der Waals surface area contributed by atoms with Crippen LogP contribution in [0.3, 0.4) is 0 Å². The molecule has 2 aliphatic rings. The van der Waals surface area contributed by atoms with Gasteiger partial charge in [-0.05, 0) is 49.8 Å². The number of rotatable bonds is 6. The second-order valence-electron chi connectivity index (χ2n) is 5.21. The molecule has 17 heavy (non-hydrogen) atoms. The maximum atomic E-state index is 11.6. The summed E-state index contributed by atoms with van der Waals surface area (Å²) in [5.41, 5.74) is 1.22. The lowest BCUT2D eigenvalue weighted by Crippen LogP contribution is -2.02. The first-order valence-corrected chi connectivity index (χ1v) is 6.59. The predicted molar refractivity (Wildman–Crippen MR) is 66.1 cm³/mol. The fourth-order valence-electron chi connectivity index (χ4n) is 2.03. The molecule has 0 spiro atoms. The molecule has 0 unspecified atom stereocenters. The number of carbonyl (C=O) groups excluding carboxylic acids is 1. The van der Waals surface area contributed by atoms with Gasteiger partial charge in [-0.3, -0.25) is 4.79 Å². The second-order valence-corrected chi connectivity index (χ2v) is 5.21. The monoisotopic (exact) mass is 230 g/mol. The maximum absolute atomic E-state index is 11.6. The highest BCUT2D eigenvalue weighted by atomic mass is 16.5. The third-order valence-electron chi connectivity index (χ3n) is 3.42. The first-order chi connectivity index (χ1) is 8.31. The van der Waals surface area contributed by atoms with E-state index < -0.39 is 0 Å². The maximum Gasteiger partial charge on any atom is 0.136 e. The summed E-state index contributed by atoms with van der Waals surface area (Å²) in [6, 6.07) is 8.19. The number of aryl methyl sites for hydroxylation is 1. The largest absolute Gasteiger partial charge is 0.490 e. The van der Waals surface area contributed by atoms with Crippen molar-refractivity contribution in [3.63, 3.8) is 0 Å². The average Bonchev–Trinajstić information content (AvgIpc) is 3.17. The third kappa shape index (κ3) is 3.09. The number of carbonyl (C=O) groups is 1. The van der Waals surface area contributed by atoms with Crippen LogP contribution in [-0.4, -0.2) is 11.9 Å². The molecule has 90 valence electrons. The van der Waals surface area contributed by atoms with Crippen LogP contribution in [0.5, 0.6) is 5.75 Å². The molecule has 0 aliphatic heterocycles. The number of ketones is 1. The highest BCUT2D eigenvalue weighted by molar-refractivity contribution is 5.83. The van der Waals surface area contributed by atoms with E-state index in [2.05, 4.69) is 12.1 Å². The Labute approximate surface area is 102 Å². The minimum absolute atomic E-state index is 0.390. The fourth-order valence-corrected chi connectivity index (χ4v) is 2.03. The van der Waals surface area contributed by atoms with Gasteiger partial charge in [0, 0.05) is 12.3 Å². The van der Waals surface area contributed by atoms with Gasteiger partial charge in [0.2, 0.25) is 0 Å². The van der Waals surface area contributed by atoms with Crippen LogP contribution in [0, 0.1) is 5.92 Å². The summed E-state index contributed by atoms with van der Waals surface area (Å²) in [6.07, 6.45) is 6.59. The molecule has 2 fully saturated rings. The molecule has 3 rings (SSSR count). The Balaban J connectivity index is 1.55. The Bertz CT molecular complexity index is 417. The highest BCUT2D eigenvalue weighted by Gasteiger charge is 2.28. The fraction of sp³-hybridized carbons (Fsp3) is 0.533. The van der Waals surface area contributed by atoms with Crippen LogP contribution in [0.4, 0.5) is 0 Å². The average molecular weight is 230 g/mol. The molecule has 2 saturated carbocycles. The van der Waals surface area contributed by atoms with E-state index in [1.807, 2.05) is 12.1 Å². The quantitative estimate of drug-likeness (QED) is 0.750. The molecule has 0 aromatic heterocycles. The van der Waals surface area contributed by atoms with Crippen LogP contribution in [0.15, 0.2) is 24.3 Å². The van der Waals surface area contributed by atoms with Crippen LogP contribution in [0.2, 0.25) is 0 Å². The summed E-state index contributed by atoms with van der Waals surface area (Å²) in [4.78, 5) is 11.6. The zero-order valence-corrected chi connectivity index (χ0v) is 10.0. The summed E-state index contributed by atoms with van der Waals surface area (Å²) in [6.45, 7) is 0. The van der Waals surface area contributed by atoms with Gasteiger partial charge in [-0.1, -0.05) is 12.1 Å². The Kier molecular flexibility index (Phi) is 2.87. The minimum Gasteiger partial charge on any atom is -0.490 e. The van der Waals surface area contributed by atoms with Gasteiger partial charge >= 0.3 is 0 Å². The molecule has 1 aromatic rings. The number of benzene rings is 1. The topological polar surface area (TPSA) is 26.3 Å². The van der Waals surface area contributed by atoms with E-state index in [9.17, 15) is 4.79 Å². The standard InChI is InChI=1S/C15H18O2/c16-15(12-5-6-12)9-4-11-2-1-3-14(10-11)17-13-7-8-13/h1-3,10,12-13H,4-9H2. The molecule has 2 nitrogen and oxygen atoms in total. The van der Waals surface area contributed by atoms with Crippen molar-refractivity contribution in [1.82, 2.24) is 0 Å². The Morgan fingerprint density at radius 3 is 2.76 bits per heavy atom. The molecule has 0 heterocycles. The number of ether oxygens (including phenoxy) is 1. The Morgan fingerprint density at radius 2 is 2.06 bits per heavy atom. The predicted octanol–water partition coefficient (Wildman–Crippen LogP) is 3.14. The van der Waals surface area contributed by atoms with Gasteiger partial charge in [-0.25, -0.2) is 0 Å².